The Bertz CT molecular complexity index is 406. The van der Waals surface area contributed by atoms with Crippen LogP contribution >= 0.6 is 24.0 Å². The standard InChI is InChI=1S/C11H15FN4.HI/c1-16(8-4-5-8)11(13)15-7-10-9(12)3-2-6-14-10;/h2-3,6,8H,4-5,7H2,1H3,(H2,13,15);1H. The van der Waals surface area contributed by atoms with Crippen molar-refractivity contribution in [3.8, 4) is 0 Å². The number of nitrogens with two attached hydrogens (primary N) is 1. The maximum absolute atomic E-state index is 13.2. The zero-order valence-electron chi connectivity index (χ0n) is 9.64. The number of halogens is 2. The quantitative estimate of drug-likeness (QED) is 0.513. The third kappa shape index (κ3) is 3.79. The zero-order valence-corrected chi connectivity index (χ0v) is 12.0. The Balaban J connectivity index is 0.00000144. The number of aliphatic imine (C=N–C) groups is 1. The summed E-state index contributed by atoms with van der Waals surface area (Å²) < 4.78 is 13.2. The summed E-state index contributed by atoms with van der Waals surface area (Å²) in [6.45, 7) is 0.190. The van der Waals surface area contributed by atoms with Crippen molar-refractivity contribution in [2.45, 2.75) is 25.4 Å². The Kier molecular flexibility index (Phi) is 5.10. The van der Waals surface area contributed by atoms with E-state index in [0.717, 1.165) is 12.8 Å². The third-order valence-electron chi connectivity index (χ3n) is 2.68. The predicted molar refractivity (Wildman–Crippen MR) is 75.7 cm³/mol. The van der Waals surface area contributed by atoms with Crippen molar-refractivity contribution in [1.29, 1.82) is 0 Å². The number of aromatic nitrogens is 1. The van der Waals surface area contributed by atoms with Crippen LogP contribution in [-0.2, 0) is 6.54 Å². The van der Waals surface area contributed by atoms with Gasteiger partial charge in [0.15, 0.2) is 5.96 Å². The molecule has 17 heavy (non-hydrogen) atoms. The Morgan fingerprint density at radius 1 is 1.65 bits per heavy atom. The largest absolute Gasteiger partial charge is 0.370 e. The molecule has 0 amide bonds. The highest BCUT2D eigenvalue weighted by Crippen LogP contribution is 2.24. The van der Waals surface area contributed by atoms with Crippen molar-refractivity contribution >= 4 is 29.9 Å². The molecule has 1 fully saturated rings. The molecule has 4 nitrogen and oxygen atoms in total. The van der Waals surface area contributed by atoms with E-state index in [1.807, 2.05) is 11.9 Å². The molecule has 1 saturated carbocycles. The zero-order chi connectivity index (χ0) is 11.5. The van der Waals surface area contributed by atoms with E-state index in [1.54, 1.807) is 12.3 Å². The molecule has 94 valence electrons. The van der Waals surface area contributed by atoms with Crippen LogP contribution < -0.4 is 5.73 Å². The molecular formula is C11H16FIN4. The van der Waals surface area contributed by atoms with Crippen LogP contribution in [0.5, 0.6) is 0 Å². The first-order chi connectivity index (χ1) is 7.68. The van der Waals surface area contributed by atoms with Gasteiger partial charge in [0.25, 0.3) is 0 Å². The minimum atomic E-state index is -0.340. The molecule has 0 aliphatic heterocycles. The fourth-order valence-electron chi connectivity index (χ4n) is 1.45. The lowest BCUT2D eigenvalue weighted by atomic mass is 10.3. The fourth-order valence-corrected chi connectivity index (χ4v) is 1.45. The monoisotopic (exact) mass is 350 g/mol. The van der Waals surface area contributed by atoms with E-state index in [9.17, 15) is 4.39 Å². The van der Waals surface area contributed by atoms with E-state index in [4.69, 9.17) is 5.73 Å². The summed E-state index contributed by atoms with van der Waals surface area (Å²) in [5, 5.41) is 0. The van der Waals surface area contributed by atoms with Gasteiger partial charge in [0, 0.05) is 19.3 Å². The average Bonchev–Trinajstić information content (AvgIpc) is 3.10. The normalized spacial score (nSPS) is 15.3. The molecule has 0 spiro atoms. The number of nitrogens with zero attached hydrogens (tertiary/aromatic N) is 3. The molecule has 0 aromatic carbocycles. The van der Waals surface area contributed by atoms with Gasteiger partial charge in [-0.25, -0.2) is 9.38 Å². The Morgan fingerprint density at radius 3 is 2.94 bits per heavy atom. The smallest absolute Gasteiger partial charge is 0.191 e. The van der Waals surface area contributed by atoms with Gasteiger partial charge in [-0.05, 0) is 25.0 Å². The molecule has 2 rings (SSSR count). The highest BCUT2D eigenvalue weighted by Gasteiger charge is 2.27. The van der Waals surface area contributed by atoms with E-state index in [2.05, 4.69) is 9.98 Å². The maximum atomic E-state index is 13.2. The highest BCUT2D eigenvalue weighted by atomic mass is 127. The van der Waals surface area contributed by atoms with E-state index < -0.39 is 0 Å². The molecule has 1 aliphatic carbocycles. The SMILES string of the molecule is CN(C(N)=NCc1ncccc1F)C1CC1.I. The Morgan fingerprint density at radius 2 is 2.35 bits per heavy atom. The lowest BCUT2D eigenvalue weighted by Crippen LogP contribution is -2.35. The van der Waals surface area contributed by atoms with E-state index in [1.165, 1.54) is 6.07 Å². The van der Waals surface area contributed by atoms with Crippen LogP contribution in [0.15, 0.2) is 23.3 Å². The Hall–Kier alpha value is -0.920. The summed E-state index contributed by atoms with van der Waals surface area (Å²) in [4.78, 5) is 9.98. The molecule has 0 atom stereocenters. The van der Waals surface area contributed by atoms with Gasteiger partial charge in [0.2, 0.25) is 0 Å². The number of hydrogen-bond donors (Lipinski definition) is 1. The van der Waals surface area contributed by atoms with Gasteiger partial charge in [-0.1, -0.05) is 0 Å². The van der Waals surface area contributed by atoms with Gasteiger partial charge in [-0.15, -0.1) is 24.0 Å². The minimum absolute atomic E-state index is 0. The first-order valence-electron chi connectivity index (χ1n) is 5.30. The van der Waals surface area contributed by atoms with E-state index in [0.29, 0.717) is 17.7 Å². The van der Waals surface area contributed by atoms with Crippen LogP contribution in [-0.4, -0.2) is 28.9 Å². The molecule has 2 N–H and O–H groups in total. The van der Waals surface area contributed by atoms with Crippen LogP contribution in [0.3, 0.4) is 0 Å². The molecule has 1 aromatic heterocycles. The predicted octanol–water partition coefficient (Wildman–Crippen LogP) is 1.75. The topological polar surface area (TPSA) is 54.5 Å². The second kappa shape index (κ2) is 6.13. The van der Waals surface area contributed by atoms with Gasteiger partial charge in [0.05, 0.1) is 12.2 Å². The summed E-state index contributed by atoms with van der Waals surface area (Å²) >= 11 is 0. The fraction of sp³-hybridized carbons (Fsp3) is 0.455. The van der Waals surface area contributed by atoms with E-state index >= 15 is 0 Å². The third-order valence-corrected chi connectivity index (χ3v) is 2.68. The number of pyridine rings is 1. The van der Waals surface area contributed by atoms with Crippen LogP contribution in [0.4, 0.5) is 4.39 Å². The average molecular weight is 350 g/mol. The number of hydrogen-bond acceptors (Lipinski definition) is 2. The summed E-state index contributed by atoms with van der Waals surface area (Å²) in [7, 11) is 1.91. The number of guanidine groups is 1. The van der Waals surface area contributed by atoms with Crippen molar-refractivity contribution < 1.29 is 4.39 Å². The molecule has 0 radical (unpaired) electrons. The summed E-state index contributed by atoms with van der Waals surface area (Å²) in [6, 6.07) is 3.44. The van der Waals surface area contributed by atoms with Crippen molar-refractivity contribution in [2.75, 3.05) is 7.05 Å². The van der Waals surface area contributed by atoms with Crippen molar-refractivity contribution in [1.82, 2.24) is 9.88 Å². The lowest BCUT2D eigenvalue weighted by Gasteiger charge is -2.16. The van der Waals surface area contributed by atoms with Gasteiger partial charge in [-0.2, -0.15) is 0 Å². The molecular weight excluding hydrogens is 334 g/mol. The molecule has 1 heterocycles. The van der Waals surface area contributed by atoms with Crippen LogP contribution in [0.25, 0.3) is 0 Å². The molecule has 1 aliphatic rings. The summed E-state index contributed by atoms with van der Waals surface area (Å²) in [5.41, 5.74) is 6.11. The summed E-state index contributed by atoms with van der Waals surface area (Å²) in [6.07, 6.45) is 3.87. The highest BCUT2D eigenvalue weighted by molar-refractivity contribution is 14.0. The Labute approximate surface area is 117 Å². The van der Waals surface area contributed by atoms with Gasteiger partial charge in [-0.3, -0.25) is 4.98 Å². The summed E-state index contributed by atoms with van der Waals surface area (Å²) in [5.74, 6) is 0.112. The van der Waals surface area contributed by atoms with E-state index in [-0.39, 0.29) is 36.3 Å². The lowest BCUT2D eigenvalue weighted by molar-refractivity contribution is 0.486. The molecule has 6 heteroatoms. The first kappa shape index (κ1) is 14.1. The van der Waals surface area contributed by atoms with Crippen molar-refractivity contribution in [2.24, 2.45) is 10.7 Å². The van der Waals surface area contributed by atoms with Gasteiger partial charge >= 0.3 is 0 Å². The number of rotatable bonds is 3. The molecule has 0 bridgehead atoms. The molecule has 1 aromatic rings. The van der Waals surface area contributed by atoms with Gasteiger partial charge in [0.1, 0.15) is 5.82 Å². The van der Waals surface area contributed by atoms with Crippen molar-refractivity contribution in [3.05, 3.63) is 29.8 Å². The first-order valence-corrected chi connectivity index (χ1v) is 5.30. The molecule has 0 saturated heterocycles. The maximum Gasteiger partial charge on any atom is 0.191 e. The van der Waals surface area contributed by atoms with Crippen LogP contribution in [0.2, 0.25) is 0 Å². The second-order valence-electron chi connectivity index (χ2n) is 3.95. The van der Waals surface area contributed by atoms with Crippen molar-refractivity contribution in [3.63, 3.8) is 0 Å². The van der Waals surface area contributed by atoms with Crippen LogP contribution in [0, 0.1) is 5.82 Å². The second-order valence-corrected chi connectivity index (χ2v) is 3.95. The molecule has 0 unspecified atom stereocenters. The van der Waals surface area contributed by atoms with Gasteiger partial charge < -0.3 is 10.6 Å². The minimum Gasteiger partial charge on any atom is -0.370 e. The van der Waals surface area contributed by atoms with Crippen LogP contribution in [0.1, 0.15) is 18.5 Å².